The first-order valence-corrected chi connectivity index (χ1v) is 13.5. The third kappa shape index (κ3) is 5.49. The molecule has 2 aromatic heterocycles. The first-order chi connectivity index (χ1) is 17.6. The summed E-state index contributed by atoms with van der Waals surface area (Å²) in [7, 11) is 0. The van der Waals surface area contributed by atoms with Crippen molar-refractivity contribution < 1.29 is 9.90 Å². The van der Waals surface area contributed by atoms with E-state index in [1.54, 1.807) is 18.3 Å². The first-order valence-electron chi connectivity index (χ1n) is 12.7. The van der Waals surface area contributed by atoms with Crippen LogP contribution in [0, 0.1) is 0 Å². The number of thiazole rings is 1. The zero-order valence-electron chi connectivity index (χ0n) is 20.6. The number of benzene rings is 2. The molecule has 188 valence electrons. The van der Waals surface area contributed by atoms with Gasteiger partial charge in [-0.15, -0.1) is 0 Å². The van der Waals surface area contributed by atoms with E-state index >= 15 is 0 Å². The molecule has 1 aliphatic heterocycles. The lowest BCUT2D eigenvalue weighted by Crippen LogP contribution is -2.46. The molecule has 1 amide bonds. The van der Waals surface area contributed by atoms with E-state index in [9.17, 15) is 9.90 Å². The minimum Gasteiger partial charge on any atom is -0.508 e. The number of rotatable bonds is 9. The van der Waals surface area contributed by atoms with Crippen LogP contribution < -0.4 is 15.1 Å². The number of phenols is 1. The molecule has 0 bridgehead atoms. The first kappa shape index (κ1) is 24.2. The fourth-order valence-electron chi connectivity index (χ4n) is 4.83. The Morgan fingerprint density at radius 2 is 1.86 bits per heavy atom. The highest BCUT2D eigenvalue weighted by Gasteiger charge is 2.22. The van der Waals surface area contributed by atoms with Crippen LogP contribution in [0.5, 0.6) is 5.75 Å². The number of para-hydroxylation sites is 1. The summed E-state index contributed by atoms with van der Waals surface area (Å²) in [5.41, 5.74) is 3.48. The third-order valence-corrected chi connectivity index (χ3v) is 7.92. The Labute approximate surface area is 215 Å². The van der Waals surface area contributed by atoms with Crippen LogP contribution >= 0.6 is 11.3 Å². The molecule has 7 nitrogen and oxygen atoms in total. The number of nitrogens with one attached hydrogen (secondary N) is 2. The van der Waals surface area contributed by atoms with Gasteiger partial charge in [0.25, 0.3) is 5.91 Å². The van der Waals surface area contributed by atoms with Gasteiger partial charge in [0.15, 0.2) is 5.13 Å². The number of carbonyl (C=O) groups excluding carboxylic acids is 1. The van der Waals surface area contributed by atoms with Gasteiger partial charge in [0.2, 0.25) is 0 Å². The zero-order valence-corrected chi connectivity index (χ0v) is 21.4. The maximum Gasteiger partial charge on any atom is 0.263 e. The van der Waals surface area contributed by atoms with Crippen LogP contribution in [0.1, 0.15) is 41.4 Å². The highest BCUT2D eigenvalue weighted by molar-refractivity contribution is 7.17. The standard InChI is InChI=1S/C28H33N5O2S/c1-2-3-6-21(17-20-18-29-25-8-5-4-7-24(20)25)31-27(35)26-19-30-28(36-26)33-15-13-32(14-16-33)22-9-11-23(34)12-10-22/h4-5,7-12,18-19,21,29,34H,2-3,6,13-17H2,1H3,(H,31,35). The molecule has 8 heteroatoms. The predicted molar refractivity (Wildman–Crippen MR) is 147 cm³/mol. The summed E-state index contributed by atoms with van der Waals surface area (Å²) in [5.74, 6) is 0.242. The molecule has 1 fully saturated rings. The smallest absolute Gasteiger partial charge is 0.263 e. The molecular formula is C28H33N5O2S. The number of nitrogens with zero attached hydrogens (tertiary/aromatic N) is 3. The van der Waals surface area contributed by atoms with E-state index in [-0.39, 0.29) is 17.7 Å². The Balaban J connectivity index is 1.20. The van der Waals surface area contributed by atoms with Crippen molar-refractivity contribution in [3.8, 4) is 5.75 Å². The SMILES string of the molecule is CCCCC(Cc1c[nH]c2ccccc12)NC(=O)c1cnc(N2CCN(c3ccc(O)cc3)CC2)s1. The van der Waals surface area contributed by atoms with Crippen LogP contribution in [0.15, 0.2) is 60.9 Å². The van der Waals surface area contributed by atoms with E-state index in [0.29, 0.717) is 4.88 Å². The van der Waals surface area contributed by atoms with Gasteiger partial charge in [0.05, 0.1) is 6.20 Å². The highest BCUT2D eigenvalue weighted by atomic mass is 32.1. The quantitative estimate of drug-likeness (QED) is 0.293. The fraction of sp³-hybridized carbons (Fsp3) is 0.357. The van der Waals surface area contributed by atoms with Gasteiger partial charge in [0.1, 0.15) is 10.6 Å². The maximum absolute atomic E-state index is 13.2. The van der Waals surface area contributed by atoms with E-state index in [0.717, 1.165) is 68.2 Å². The molecule has 0 saturated carbocycles. The third-order valence-electron chi connectivity index (χ3n) is 6.86. The van der Waals surface area contributed by atoms with Crippen molar-refractivity contribution >= 4 is 39.0 Å². The average molecular weight is 504 g/mol. The summed E-state index contributed by atoms with van der Waals surface area (Å²) in [6.45, 7) is 5.61. The van der Waals surface area contributed by atoms with E-state index < -0.39 is 0 Å². The van der Waals surface area contributed by atoms with Crippen molar-refractivity contribution in [1.29, 1.82) is 0 Å². The Bertz CT molecular complexity index is 1290. The summed E-state index contributed by atoms with van der Waals surface area (Å²) in [6.07, 6.45) is 7.71. The topological polar surface area (TPSA) is 84.5 Å². The number of aromatic amines is 1. The van der Waals surface area contributed by atoms with Crippen molar-refractivity contribution in [2.75, 3.05) is 36.0 Å². The molecule has 1 saturated heterocycles. The van der Waals surface area contributed by atoms with Crippen LogP contribution in [0.25, 0.3) is 10.9 Å². The number of carbonyl (C=O) groups is 1. The van der Waals surface area contributed by atoms with Crippen molar-refractivity contribution in [2.45, 2.75) is 38.6 Å². The lowest BCUT2D eigenvalue weighted by atomic mass is 10.0. The fourth-order valence-corrected chi connectivity index (χ4v) is 5.70. The Hall–Kier alpha value is -3.52. The number of H-pyrrole nitrogens is 1. The molecule has 4 aromatic rings. The van der Waals surface area contributed by atoms with Gasteiger partial charge < -0.3 is 25.2 Å². The largest absolute Gasteiger partial charge is 0.508 e. The van der Waals surface area contributed by atoms with Gasteiger partial charge >= 0.3 is 0 Å². The molecule has 1 aliphatic rings. The zero-order chi connectivity index (χ0) is 24.9. The van der Waals surface area contributed by atoms with Crippen LogP contribution in [0.2, 0.25) is 0 Å². The molecular weight excluding hydrogens is 470 g/mol. The summed E-state index contributed by atoms with van der Waals surface area (Å²) in [4.78, 5) is 26.3. The van der Waals surface area contributed by atoms with Gasteiger partial charge in [-0.1, -0.05) is 49.3 Å². The number of aromatic hydroxyl groups is 1. The number of anilines is 2. The van der Waals surface area contributed by atoms with Gasteiger partial charge in [-0.2, -0.15) is 0 Å². The normalized spacial score (nSPS) is 14.8. The van der Waals surface area contributed by atoms with E-state index in [2.05, 4.69) is 56.4 Å². The lowest BCUT2D eigenvalue weighted by Gasteiger charge is -2.36. The Morgan fingerprint density at radius 1 is 1.11 bits per heavy atom. The number of unbranched alkanes of at least 4 members (excludes halogenated alkanes) is 1. The number of piperazine rings is 1. The maximum atomic E-state index is 13.2. The van der Waals surface area contributed by atoms with E-state index in [1.165, 1.54) is 22.3 Å². The van der Waals surface area contributed by atoms with Crippen molar-refractivity contribution in [3.05, 3.63) is 71.4 Å². The van der Waals surface area contributed by atoms with E-state index in [4.69, 9.17) is 0 Å². The molecule has 2 aromatic carbocycles. The second-order valence-corrected chi connectivity index (χ2v) is 10.4. The molecule has 0 radical (unpaired) electrons. The minimum absolute atomic E-state index is 0.0394. The summed E-state index contributed by atoms with van der Waals surface area (Å²) >= 11 is 1.47. The summed E-state index contributed by atoms with van der Waals surface area (Å²) in [6, 6.07) is 15.7. The minimum atomic E-state index is -0.0394. The monoisotopic (exact) mass is 503 g/mol. The second kappa shape index (κ2) is 11.0. The van der Waals surface area contributed by atoms with Crippen LogP contribution in [0.4, 0.5) is 10.8 Å². The molecule has 0 spiro atoms. The Morgan fingerprint density at radius 3 is 2.64 bits per heavy atom. The molecule has 0 aliphatic carbocycles. The number of fused-ring (bicyclic) bond motifs is 1. The second-order valence-electron chi connectivity index (χ2n) is 9.37. The highest BCUT2D eigenvalue weighted by Crippen LogP contribution is 2.27. The number of hydrogen-bond acceptors (Lipinski definition) is 6. The summed E-state index contributed by atoms with van der Waals surface area (Å²) in [5, 5.41) is 14.9. The predicted octanol–water partition coefficient (Wildman–Crippen LogP) is 5.19. The lowest BCUT2D eigenvalue weighted by molar-refractivity contribution is 0.0938. The van der Waals surface area contributed by atoms with Gasteiger partial charge in [-0.05, 0) is 48.7 Å². The molecule has 1 atom stereocenters. The molecule has 3 N–H and O–H groups in total. The molecule has 5 rings (SSSR count). The van der Waals surface area contributed by atoms with Gasteiger partial charge in [0, 0.05) is 55.0 Å². The van der Waals surface area contributed by atoms with Crippen LogP contribution in [-0.4, -0.2) is 53.2 Å². The van der Waals surface area contributed by atoms with Gasteiger partial charge in [-0.3, -0.25) is 4.79 Å². The number of hydrogen-bond donors (Lipinski definition) is 3. The van der Waals surface area contributed by atoms with Crippen molar-refractivity contribution in [3.63, 3.8) is 0 Å². The van der Waals surface area contributed by atoms with E-state index in [1.807, 2.05) is 18.2 Å². The Kier molecular flexibility index (Phi) is 7.41. The summed E-state index contributed by atoms with van der Waals surface area (Å²) < 4.78 is 0. The van der Waals surface area contributed by atoms with Crippen molar-refractivity contribution in [2.24, 2.45) is 0 Å². The molecule has 3 heterocycles. The number of amides is 1. The number of phenolic OH excluding ortho intramolecular Hbond substituents is 1. The van der Waals surface area contributed by atoms with Gasteiger partial charge in [-0.25, -0.2) is 4.98 Å². The molecule has 1 unspecified atom stereocenters. The average Bonchev–Trinajstić information content (AvgIpc) is 3.56. The van der Waals surface area contributed by atoms with Crippen LogP contribution in [0.3, 0.4) is 0 Å². The van der Waals surface area contributed by atoms with Crippen LogP contribution in [-0.2, 0) is 6.42 Å². The molecule has 36 heavy (non-hydrogen) atoms. The van der Waals surface area contributed by atoms with Crippen molar-refractivity contribution in [1.82, 2.24) is 15.3 Å². The number of aromatic nitrogens is 2.